The highest BCUT2D eigenvalue weighted by Crippen LogP contribution is 2.18. The van der Waals surface area contributed by atoms with Crippen molar-refractivity contribution in [1.82, 2.24) is 15.5 Å². The van der Waals surface area contributed by atoms with E-state index < -0.39 is 9.84 Å². The van der Waals surface area contributed by atoms with E-state index >= 15 is 0 Å². The van der Waals surface area contributed by atoms with Crippen LogP contribution in [0.2, 0.25) is 0 Å². The second kappa shape index (κ2) is 5.75. The third-order valence-electron chi connectivity index (χ3n) is 2.76. The lowest BCUT2D eigenvalue weighted by molar-refractivity contribution is 0.494. The Kier molecular flexibility index (Phi) is 4.85. The molecule has 0 aliphatic carbocycles. The van der Waals surface area contributed by atoms with Crippen LogP contribution in [0.5, 0.6) is 0 Å². The molecule has 2 heterocycles. The second-order valence-electron chi connectivity index (χ2n) is 4.03. The van der Waals surface area contributed by atoms with Crippen LogP contribution in [0.25, 0.3) is 0 Å². The van der Waals surface area contributed by atoms with E-state index in [0.29, 0.717) is 13.0 Å². The molecule has 1 aliphatic rings. The van der Waals surface area contributed by atoms with Crippen molar-refractivity contribution in [1.29, 1.82) is 0 Å². The highest BCUT2D eigenvalue weighted by atomic mass is 35.5. The van der Waals surface area contributed by atoms with Crippen LogP contribution in [0.1, 0.15) is 18.5 Å². The number of aryl methyl sites for hydroxylation is 1. The van der Waals surface area contributed by atoms with Crippen LogP contribution in [-0.4, -0.2) is 37.0 Å². The quantitative estimate of drug-likeness (QED) is 0.863. The summed E-state index contributed by atoms with van der Waals surface area (Å²) in [5, 5.41) is 10.4. The van der Waals surface area contributed by atoms with Gasteiger partial charge in [-0.05, 0) is 38.4 Å². The minimum atomic E-state index is -3.31. The topological polar surface area (TPSA) is 72.0 Å². The predicted octanol–water partition coefficient (Wildman–Crippen LogP) is 0.733. The Morgan fingerprint density at radius 1 is 1.35 bits per heavy atom. The molecule has 1 unspecified atom stereocenters. The zero-order valence-electron chi connectivity index (χ0n) is 9.59. The molecular formula is C10H16ClN3O2S. The highest BCUT2D eigenvalue weighted by molar-refractivity contribution is 7.92. The Morgan fingerprint density at radius 2 is 2.12 bits per heavy atom. The highest BCUT2D eigenvalue weighted by Gasteiger charge is 2.30. The van der Waals surface area contributed by atoms with Crippen molar-refractivity contribution in [2.45, 2.75) is 30.0 Å². The van der Waals surface area contributed by atoms with Gasteiger partial charge >= 0.3 is 0 Å². The Balaban J connectivity index is 0.00000144. The van der Waals surface area contributed by atoms with E-state index in [0.717, 1.165) is 18.7 Å². The van der Waals surface area contributed by atoms with Crippen LogP contribution < -0.4 is 5.32 Å². The van der Waals surface area contributed by atoms with Gasteiger partial charge in [-0.15, -0.1) is 17.5 Å². The molecule has 1 aliphatic heterocycles. The van der Waals surface area contributed by atoms with Crippen molar-refractivity contribution in [2.24, 2.45) is 0 Å². The third-order valence-corrected chi connectivity index (χ3v) is 4.84. The van der Waals surface area contributed by atoms with Crippen LogP contribution in [0.4, 0.5) is 0 Å². The van der Waals surface area contributed by atoms with E-state index in [1.807, 2.05) is 0 Å². The van der Waals surface area contributed by atoms with Crippen molar-refractivity contribution in [2.75, 3.05) is 13.1 Å². The average molecular weight is 278 g/mol. The SMILES string of the molecule is Cc1ccc(S(=O)(=O)C2CCCNC2)nn1.Cl. The van der Waals surface area contributed by atoms with Gasteiger partial charge in [0.1, 0.15) is 0 Å². The van der Waals surface area contributed by atoms with Gasteiger partial charge in [0.25, 0.3) is 0 Å². The molecule has 1 aromatic rings. The number of aromatic nitrogens is 2. The second-order valence-corrected chi connectivity index (χ2v) is 6.20. The molecule has 0 spiro atoms. The van der Waals surface area contributed by atoms with Crippen LogP contribution in [0, 0.1) is 6.92 Å². The summed E-state index contributed by atoms with van der Waals surface area (Å²) in [7, 11) is -3.31. The number of sulfone groups is 1. The number of halogens is 1. The minimum absolute atomic E-state index is 0. The third kappa shape index (κ3) is 3.14. The molecule has 0 radical (unpaired) electrons. The molecule has 0 aromatic carbocycles. The van der Waals surface area contributed by atoms with Gasteiger partial charge in [0.15, 0.2) is 5.03 Å². The number of rotatable bonds is 2. The zero-order valence-corrected chi connectivity index (χ0v) is 11.2. The molecule has 1 atom stereocenters. The smallest absolute Gasteiger partial charge is 0.201 e. The molecule has 1 aromatic heterocycles. The van der Waals surface area contributed by atoms with Crippen molar-refractivity contribution < 1.29 is 8.42 Å². The van der Waals surface area contributed by atoms with Gasteiger partial charge in [0.05, 0.1) is 10.9 Å². The molecule has 2 rings (SSSR count). The summed E-state index contributed by atoms with van der Waals surface area (Å²) in [6.07, 6.45) is 1.59. The van der Waals surface area contributed by atoms with Crippen molar-refractivity contribution in [3.8, 4) is 0 Å². The van der Waals surface area contributed by atoms with Crippen LogP contribution in [0.3, 0.4) is 0 Å². The molecule has 0 amide bonds. The maximum Gasteiger partial charge on any atom is 0.201 e. The average Bonchev–Trinajstić information content (AvgIpc) is 2.31. The van der Waals surface area contributed by atoms with Crippen LogP contribution >= 0.6 is 12.4 Å². The maximum absolute atomic E-state index is 12.2. The first-order valence-electron chi connectivity index (χ1n) is 5.35. The summed E-state index contributed by atoms with van der Waals surface area (Å²) in [5.74, 6) is 0. The number of hydrogen-bond acceptors (Lipinski definition) is 5. The summed E-state index contributed by atoms with van der Waals surface area (Å²) >= 11 is 0. The molecule has 1 saturated heterocycles. The lowest BCUT2D eigenvalue weighted by atomic mass is 10.2. The molecule has 1 N–H and O–H groups in total. The molecule has 7 heteroatoms. The van der Waals surface area contributed by atoms with Crippen LogP contribution in [0.15, 0.2) is 17.2 Å². The molecule has 0 bridgehead atoms. The monoisotopic (exact) mass is 277 g/mol. The predicted molar refractivity (Wildman–Crippen MR) is 67.1 cm³/mol. The Labute approximate surface area is 107 Å². The number of nitrogens with zero attached hydrogens (tertiary/aromatic N) is 2. The lowest BCUT2D eigenvalue weighted by Gasteiger charge is -2.22. The van der Waals surface area contributed by atoms with Gasteiger partial charge in [-0.1, -0.05) is 0 Å². The summed E-state index contributed by atoms with van der Waals surface area (Å²) in [6.45, 7) is 3.19. The molecule has 17 heavy (non-hydrogen) atoms. The Morgan fingerprint density at radius 3 is 2.65 bits per heavy atom. The first-order valence-corrected chi connectivity index (χ1v) is 6.90. The van der Waals surface area contributed by atoms with E-state index in [4.69, 9.17) is 0 Å². The Bertz CT molecular complexity index is 455. The van der Waals surface area contributed by atoms with Crippen molar-refractivity contribution >= 4 is 22.2 Å². The van der Waals surface area contributed by atoms with Crippen molar-refractivity contribution in [3.05, 3.63) is 17.8 Å². The molecule has 1 fully saturated rings. The number of nitrogens with one attached hydrogen (secondary N) is 1. The minimum Gasteiger partial charge on any atom is -0.315 e. The summed E-state index contributed by atoms with van der Waals surface area (Å²) in [4.78, 5) is 0. The fourth-order valence-electron chi connectivity index (χ4n) is 1.79. The fraction of sp³-hybridized carbons (Fsp3) is 0.600. The van der Waals surface area contributed by atoms with Gasteiger partial charge in [0, 0.05) is 6.54 Å². The number of piperidine rings is 1. The van der Waals surface area contributed by atoms with Gasteiger partial charge < -0.3 is 5.32 Å². The molecule has 96 valence electrons. The standard InChI is InChI=1S/C10H15N3O2S.ClH/c1-8-4-5-10(13-12-8)16(14,15)9-3-2-6-11-7-9;/h4-5,9,11H,2-3,6-7H2,1H3;1H. The lowest BCUT2D eigenvalue weighted by Crippen LogP contribution is -2.39. The molecular weight excluding hydrogens is 262 g/mol. The van der Waals surface area contributed by atoms with E-state index in [1.165, 1.54) is 6.07 Å². The van der Waals surface area contributed by atoms with E-state index in [-0.39, 0.29) is 22.7 Å². The van der Waals surface area contributed by atoms with E-state index in [9.17, 15) is 8.42 Å². The largest absolute Gasteiger partial charge is 0.315 e. The van der Waals surface area contributed by atoms with E-state index in [2.05, 4.69) is 15.5 Å². The Hall–Kier alpha value is -0.720. The summed E-state index contributed by atoms with van der Waals surface area (Å²) < 4.78 is 24.3. The normalized spacial score (nSPS) is 20.6. The zero-order chi connectivity index (χ0) is 11.6. The fourth-order valence-corrected chi connectivity index (χ4v) is 3.36. The number of hydrogen-bond donors (Lipinski definition) is 1. The molecule has 0 saturated carbocycles. The summed E-state index contributed by atoms with van der Waals surface area (Å²) in [6, 6.07) is 3.21. The summed E-state index contributed by atoms with van der Waals surface area (Å²) in [5.41, 5.74) is 0.723. The maximum atomic E-state index is 12.2. The van der Waals surface area contributed by atoms with Gasteiger partial charge in [-0.2, -0.15) is 5.10 Å². The van der Waals surface area contributed by atoms with Crippen LogP contribution in [-0.2, 0) is 9.84 Å². The van der Waals surface area contributed by atoms with Crippen molar-refractivity contribution in [3.63, 3.8) is 0 Å². The van der Waals surface area contributed by atoms with E-state index in [1.54, 1.807) is 13.0 Å². The van der Waals surface area contributed by atoms with Gasteiger partial charge in [-0.3, -0.25) is 0 Å². The first-order chi connectivity index (χ1) is 7.60. The first kappa shape index (κ1) is 14.3. The van der Waals surface area contributed by atoms with Gasteiger partial charge in [-0.25, -0.2) is 8.42 Å². The van der Waals surface area contributed by atoms with Gasteiger partial charge in [0.2, 0.25) is 9.84 Å². The molecule has 5 nitrogen and oxygen atoms in total.